The Labute approximate surface area is 371 Å². The third kappa shape index (κ3) is 10.1. The lowest BCUT2D eigenvalue weighted by Crippen LogP contribution is -2.52. The van der Waals surface area contributed by atoms with Gasteiger partial charge in [-0.2, -0.15) is 0 Å². The van der Waals surface area contributed by atoms with E-state index in [4.69, 9.17) is 11.6 Å². The summed E-state index contributed by atoms with van der Waals surface area (Å²) in [5.74, 6) is -0.992. The molecular weight excluding hydrogens is 852 g/mol. The Hall–Kier alpha value is -5.45. The van der Waals surface area contributed by atoms with Crippen LogP contribution >= 0.6 is 34.3 Å². The molecule has 3 aromatic heterocycles. The van der Waals surface area contributed by atoms with E-state index in [1.165, 1.54) is 27.6 Å². The standard InChI is InChI=1S/C24H25ClN2O4S.C21H22N4O4S/c1-14-5-6-15(11-19(14)25)3-2-4-16(28)7-9-21-17-12-27(24(31)18(17)13-32-21)20-8-10-22(29)26-23(20)30;1-11-8-22-18(23-12(11)2)7-13(26)3-5-17-14-9-25(21(29)15(14)10-30-17)16-4-6-19(27)24-20(16)28/h5-6,11,13,20H,2-4,7-10,12H2,1H3,(H,26,29,30);8,10,16H,3-7,9H2,1-2H3,(H,24,27,28). The fourth-order valence-corrected chi connectivity index (χ4v) is 10.3. The fraction of sp³-hybridized carbons (Fsp3) is 0.422. The number of carbonyl (C=O) groups is 8. The van der Waals surface area contributed by atoms with Gasteiger partial charge in [-0.1, -0.05) is 23.7 Å². The smallest absolute Gasteiger partial charge is 0.256 e. The number of aromatic nitrogens is 2. The molecule has 2 fully saturated rings. The first-order chi connectivity index (χ1) is 29.7. The first kappa shape index (κ1) is 44.6. The van der Waals surface area contributed by atoms with Crippen molar-refractivity contribution in [3.63, 3.8) is 0 Å². The molecule has 17 heteroatoms. The van der Waals surface area contributed by atoms with Gasteiger partial charge in [0.1, 0.15) is 29.5 Å². The van der Waals surface area contributed by atoms with Gasteiger partial charge in [0.15, 0.2) is 0 Å². The summed E-state index contributed by atoms with van der Waals surface area (Å²) in [7, 11) is 0. The van der Waals surface area contributed by atoms with Crippen molar-refractivity contribution in [1.29, 1.82) is 0 Å². The van der Waals surface area contributed by atoms with Crippen molar-refractivity contribution >= 4 is 81.3 Å². The molecular formula is C45H47ClN6O8S2. The van der Waals surface area contributed by atoms with Crippen LogP contribution in [-0.4, -0.2) is 78.9 Å². The number of carbonyl (C=O) groups excluding carboxylic acids is 8. The number of aryl methyl sites for hydroxylation is 6. The van der Waals surface area contributed by atoms with Crippen molar-refractivity contribution in [3.05, 3.63) is 100 Å². The van der Waals surface area contributed by atoms with Crippen LogP contribution in [0.5, 0.6) is 0 Å². The molecule has 62 heavy (non-hydrogen) atoms. The second kappa shape index (κ2) is 19.3. The summed E-state index contributed by atoms with van der Waals surface area (Å²) in [5, 5.41) is 9.00. The lowest BCUT2D eigenvalue weighted by Gasteiger charge is -2.29. The van der Waals surface area contributed by atoms with E-state index in [1.807, 2.05) is 44.4 Å². The molecule has 0 spiro atoms. The molecule has 14 nitrogen and oxygen atoms in total. The van der Waals surface area contributed by atoms with Crippen molar-refractivity contribution in [2.24, 2.45) is 0 Å². The highest BCUT2D eigenvalue weighted by atomic mass is 35.5. The predicted octanol–water partition coefficient (Wildman–Crippen LogP) is 5.66. The van der Waals surface area contributed by atoms with Crippen molar-refractivity contribution in [2.75, 3.05) is 0 Å². The van der Waals surface area contributed by atoms with E-state index in [0.29, 0.717) is 75.0 Å². The Kier molecular flexibility index (Phi) is 13.9. The minimum Gasteiger partial charge on any atom is -0.322 e. The second-order valence-electron chi connectivity index (χ2n) is 16.1. The number of piperidine rings is 2. The molecule has 8 rings (SSSR count). The Morgan fingerprint density at radius 1 is 0.742 bits per heavy atom. The van der Waals surface area contributed by atoms with Crippen molar-refractivity contribution in [1.82, 2.24) is 30.4 Å². The lowest BCUT2D eigenvalue weighted by molar-refractivity contribution is -0.138. The van der Waals surface area contributed by atoms with Crippen LogP contribution in [0.4, 0.5) is 0 Å². The van der Waals surface area contributed by atoms with Gasteiger partial charge >= 0.3 is 0 Å². The number of thiophene rings is 2. The first-order valence-corrected chi connectivity index (χ1v) is 22.9. The molecule has 0 aliphatic carbocycles. The number of fused-ring (bicyclic) bond motifs is 2. The van der Waals surface area contributed by atoms with Gasteiger partial charge in [0.25, 0.3) is 11.8 Å². The topological polar surface area (TPSA) is 193 Å². The third-order valence-electron chi connectivity index (χ3n) is 11.8. The first-order valence-electron chi connectivity index (χ1n) is 20.7. The summed E-state index contributed by atoms with van der Waals surface area (Å²) < 4.78 is 0. The molecule has 0 bridgehead atoms. The third-order valence-corrected chi connectivity index (χ3v) is 14.4. The number of halogens is 1. The van der Waals surface area contributed by atoms with E-state index in [-0.39, 0.29) is 54.5 Å². The van der Waals surface area contributed by atoms with E-state index < -0.39 is 23.9 Å². The monoisotopic (exact) mass is 898 g/mol. The molecule has 2 saturated heterocycles. The lowest BCUT2D eigenvalue weighted by atomic mass is 10.0. The van der Waals surface area contributed by atoms with Gasteiger partial charge in [0, 0.05) is 82.6 Å². The number of imide groups is 2. The van der Waals surface area contributed by atoms with E-state index >= 15 is 0 Å². The van der Waals surface area contributed by atoms with Crippen LogP contribution in [-0.2, 0) is 67.5 Å². The number of Topliss-reactive ketones (excluding diaryl/α,β-unsaturated/α-hetero) is 2. The van der Waals surface area contributed by atoms with Crippen LogP contribution in [0.25, 0.3) is 0 Å². The summed E-state index contributed by atoms with van der Waals surface area (Å²) in [6.45, 7) is 6.49. The minimum absolute atomic E-state index is 0.0479. The van der Waals surface area contributed by atoms with E-state index in [9.17, 15) is 38.4 Å². The molecule has 0 radical (unpaired) electrons. The van der Waals surface area contributed by atoms with E-state index in [2.05, 4.69) is 20.6 Å². The average Bonchev–Trinajstić information content (AvgIpc) is 3.99. The summed E-state index contributed by atoms with van der Waals surface area (Å²) in [6.07, 6.45) is 7.12. The molecule has 4 aromatic rings. The summed E-state index contributed by atoms with van der Waals surface area (Å²) >= 11 is 9.14. The van der Waals surface area contributed by atoms with Crippen molar-refractivity contribution in [3.8, 4) is 0 Å². The number of rotatable bonds is 14. The Balaban J connectivity index is 0.000000187. The molecule has 4 aliphatic rings. The SMILES string of the molecule is Cc1ccc(CCCC(=O)CCc2scc3c2CN(C2CCC(=O)NC2=O)C3=O)cc1Cl.Cc1cnc(CC(=O)CCc2scc3c2CN(C2CCC(=O)NC2=O)C3=O)nc1C. The van der Waals surface area contributed by atoms with Gasteiger partial charge in [0.05, 0.1) is 17.5 Å². The number of amides is 6. The second-order valence-corrected chi connectivity index (χ2v) is 18.5. The zero-order valence-corrected chi connectivity index (χ0v) is 37.2. The molecule has 1 aromatic carbocycles. The van der Waals surface area contributed by atoms with Gasteiger partial charge < -0.3 is 9.80 Å². The number of nitrogens with one attached hydrogen (secondary N) is 2. The molecule has 2 atom stereocenters. The van der Waals surface area contributed by atoms with Crippen molar-refractivity contribution < 1.29 is 38.4 Å². The van der Waals surface area contributed by atoms with Crippen LogP contribution in [0.2, 0.25) is 5.02 Å². The molecule has 0 saturated carbocycles. The van der Waals surface area contributed by atoms with Crippen molar-refractivity contribution in [2.45, 2.75) is 123 Å². The van der Waals surface area contributed by atoms with Crippen LogP contribution in [0, 0.1) is 20.8 Å². The number of hydrogen-bond donors (Lipinski definition) is 2. The Morgan fingerprint density at radius 2 is 1.29 bits per heavy atom. The Morgan fingerprint density at radius 3 is 1.81 bits per heavy atom. The van der Waals surface area contributed by atoms with E-state index in [0.717, 1.165) is 61.1 Å². The normalized spacial score (nSPS) is 18.3. The fourth-order valence-electron chi connectivity index (χ4n) is 8.06. The van der Waals surface area contributed by atoms with Crippen LogP contribution in [0.15, 0.2) is 35.2 Å². The molecule has 7 heterocycles. The maximum atomic E-state index is 12.8. The number of nitrogens with zero attached hydrogens (tertiary/aromatic N) is 4. The molecule has 324 valence electrons. The largest absolute Gasteiger partial charge is 0.322 e. The van der Waals surface area contributed by atoms with Crippen LogP contribution in [0.1, 0.15) is 121 Å². The highest BCUT2D eigenvalue weighted by Gasteiger charge is 2.42. The van der Waals surface area contributed by atoms with Gasteiger partial charge in [-0.15, -0.1) is 22.7 Å². The van der Waals surface area contributed by atoms with Gasteiger partial charge in [-0.3, -0.25) is 49.0 Å². The highest BCUT2D eigenvalue weighted by Crippen LogP contribution is 2.36. The minimum atomic E-state index is -0.621. The molecule has 2 N–H and O–H groups in total. The van der Waals surface area contributed by atoms with Gasteiger partial charge in [-0.05, 0) is 93.2 Å². The van der Waals surface area contributed by atoms with E-state index in [1.54, 1.807) is 16.5 Å². The summed E-state index contributed by atoms with van der Waals surface area (Å²) in [6, 6.07) is 4.77. The Bertz CT molecular complexity index is 2500. The number of hydrogen-bond acceptors (Lipinski definition) is 12. The molecule has 2 unspecified atom stereocenters. The molecule has 4 aliphatic heterocycles. The molecule has 6 amide bonds. The number of benzene rings is 1. The quantitative estimate of drug-likeness (QED) is 0.149. The maximum absolute atomic E-state index is 12.8. The predicted molar refractivity (Wildman–Crippen MR) is 232 cm³/mol. The number of ketones is 2. The zero-order valence-electron chi connectivity index (χ0n) is 34.8. The average molecular weight is 899 g/mol. The van der Waals surface area contributed by atoms with Gasteiger partial charge in [-0.25, -0.2) is 9.97 Å². The highest BCUT2D eigenvalue weighted by molar-refractivity contribution is 7.10. The summed E-state index contributed by atoms with van der Waals surface area (Å²) in [5.41, 5.74) is 7.09. The van der Waals surface area contributed by atoms with Gasteiger partial charge in [0.2, 0.25) is 23.6 Å². The van der Waals surface area contributed by atoms with Crippen LogP contribution < -0.4 is 10.6 Å². The summed E-state index contributed by atoms with van der Waals surface area (Å²) in [4.78, 5) is 111. The maximum Gasteiger partial charge on any atom is 0.256 e. The van der Waals surface area contributed by atoms with Crippen LogP contribution in [0.3, 0.4) is 0 Å². The zero-order chi connectivity index (χ0) is 44.2.